The van der Waals surface area contributed by atoms with E-state index in [4.69, 9.17) is 12.2 Å². The highest BCUT2D eigenvalue weighted by molar-refractivity contribution is 7.81. The molecule has 0 radical (unpaired) electrons. The van der Waals surface area contributed by atoms with Crippen molar-refractivity contribution in [2.45, 2.75) is 123 Å². The third-order valence-electron chi connectivity index (χ3n) is 16.0. The second-order valence-electron chi connectivity index (χ2n) is 21.6. The smallest absolute Gasteiger partial charge is 0.270 e. The summed E-state index contributed by atoms with van der Waals surface area (Å²) in [5.41, 5.74) is 16.6. The van der Waals surface area contributed by atoms with E-state index in [1.165, 1.54) is 150 Å². The Morgan fingerprint density at radius 2 is 0.949 bits per heavy atom. The van der Waals surface area contributed by atoms with Gasteiger partial charge in [-0.05, 0) is 169 Å². The third-order valence-corrected chi connectivity index (χ3v) is 17.3. The molecule has 0 bridgehead atoms. The summed E-state index contributed by atoms with van der Waals surface area (Å²) < 4.78 is 0. The maximum absolute atomic E-state index is 14.1. The standard InChI is InChI=1S/C72H73N3O2S2/c1-5-7-9-11-13-21-47-72(48-22-14-12-10-8-6-2)67-49-53(4)29-45-64(67)65-46-35-56(50-68(65)72)55-33-40-61(41-34-55)73(59-36-27-52(3)28-37-59)60-38-30-54(31-39-60)32-42-62-43-44-63(79-62)51-66-69(76)74(57-23-17-15-18-24-57)71(78)75(70(66)77)58-25-19-16-20-26-58/h15-20,23-46,49-51H,5-14,21-22,47-48H2,1-4H3/b42-32+. The number of unbranched alkanes of at least 4 members (excludes halogenated alkanes) is 10. The van der Waals surface area contributed by atoms with Crippen molar-refractivity contribution in [3.05, 3.63) is 225 Å². The van der Waals surface area contributed by atoms with Gasteiger partial charge < -0.3 is 4.90 Å². The van der Waals surface area contributed by atoms with Gasteiger partial charge in [-0.15, -0.1) is 11.3 Å². The zero-order valence-electron chi connectivity index (χ0n) is 46.4. The van der Waals surface area contributed by atoms with Crippen molar-refractivity contribution in [1.29, 1.82) is 0 Å². The summed E-state index contributed by atoms with van der Waals surface area (Å²) in [7, 11) is 0. The van der Waals surface area contributed by atoms with Crippen LogP contribution in [0.3, 0.4) is 0 Å². The lowest BCUT2D eigenvalue weighted by Gasteiger charge is -2.36. The van der Waals surface area contributed by atoms with E-state index in [-0.39, 0.29) is 16.1 Å². The van der Waals surface area contributed by atoms with Crippen LogP contribution in [0.15, 0.2) is 188 Å². The number of amides is 2. The number of hydrogen-bond acceptors (Lipinski definition) is 5. The summed E-state index contributed by atoms with van der Waals surface area (Å²) in [6, 6.07) is 63.7. The average molecular weight is 1080 g/mol. The molecule has 10 rings (SSSR count). The van der Waals surface area contributed by atoms with Gasteiger partial charge in [0.2, 0.25) is 0 Å². The Balaban J connectivity index is 0.896. The maximum atomic E-state index is 14.1. The average Bonchev–Trinajstić information content (AvgIpc) is 4.28. The van der Waals surface area contributed by atoms with Gasteiger partial charge in [-0.3, -0.25) is 19.4 Å². The van der Waals surface area contributed by atoms with Crippen molar-refractivity contribution in [3.8, 4) is 22.3 Å². The summed E-state index contributed by atoms with van der Waals surface area (Å²) in [6.45, 7) is 9.02. The van der Waals surface area contributed by atoms with Gasteiger partial charge in [-0.2, -0.15) is 0 Å². The summed E-state index contributed by atoms with van der Waals surface area (Å²) in [5.74, 6) is -0.900. The normalized spacial score (nSPS) is 13.8. The zero-order valence-corrected chi connectivity index (χ0v) is 48.1. The molecule has 8 aromatic rings. The SMILES string of the molecule is CCCCCCCCC1(CCCCCCCC)c2cc(C)ccc2-c2ccc(-c3ccc(N(c4ccc(C)cc4)c4ccc(/C=C/c5ccc(C=C6C(=O)N(c7ccccc7)C(=S)N(c7ccccc7)C6=O)s5)cc4)cc3)cc21. The van der Waals surface area contributed by atoms with Crippen LogP contribution in [0, 0.1) is 13.8 Å². The molecule has 5 nitrogen and oxygen atoms in total. The summed E-state index contributed by atoms with van der Waals surface area (Å²) in [6.07, 6.45) is 24.0. The number of hydrogen-bond donors (Lipinski definition) is 0. The summed E-state index contributed by atoms with van der Waals surface area (Å²) in [5, 5.41) is 0.121. The first-order valence-corrected chi connectivity index (χ1v) is 30.0. The molecule has 0 N–H and O–H groups in total. The number of aryl methyl sites for hydroxylation is 2. The van der Waals surface area contributed by atoms with Crippen LogP contribution < -0.4 is 14.7 Å². The number of carbonyl (C=O) groups is 2. The van der Waals surface area contributed by atoms with Crippen molar-refractivity contribution in [2.24, 2.45) is 0 Å². The Labute approximate surface area is 479 Å². The van der Waals surface area contributed by atoms with Crippen molar-refractivity contribution in [1.82, 2.24) is 0 Å². The number of thiophene rings is 1. The lowest BCUT2D eigenvalue weighted by atomic mass is 9.70. The van der Waals surface area contributed by atoms with E-state index in [1.807, 2.05) is 72.8 Å². The van der Waals surface area contributed by atoms with E-state index in [9.17, 15) is 9.59 Å². The predicted octanol–water partition coefficient (Wildman–Crippen LogP) is 20.2. The molecule has 0 saturated carbocycles. The van der Waals surface area contributed by atoms with Crippen LogP contribution >= 0.6 is 23.6 Å². The van der Waals surface area contributed by atoms with E-state index in [0.29, 0.717) is 11.4 Å². The minimum atomic E-state index is -0.450. The van der Waals surface area contributed by atoms with Gasteiger partial charge in [0, 0.05) is 32.2 Å². The molecule has 1 fully saturated rings. The Morgan fingerprint density at radius 3 is 1.52 bits per heavy atom. The molecule has 0 unspecified atom stereocenters. The first-order valence-electron chi connectivity index (χ1n) is 28.8. The lowest BCUT2D eigenvalue weighted by molar-refractivity contribution is -0.120. The molecular formula is C72H73N3O2S2. The Hall–Kier alpha value is -7.45. The van der Waals surface area contributed by atoms with Gasteiger partial charge in [0.15, 0.2) is 5.11 Å². The zero-order chi connectivity index (χ0) is 54.7. The molecule has 2 heterocycles. The van der Waals surface area contributed by atoms with Crippen molar-refractivity contribution in [3.63, 3.8) is 0 Å². The van der Waals surface area contributed by atoms with Gasteiger partial charge in [-0.25, -0.2) is 0 Å². The molecule has 79 heavy (non-hydrogen) atoms. The van der Waals surface area contributed by atoms with E-state index in [1.54, 1.807) is 11.6 Å². The predicted molar refractivity (Wildman–Crippen MR) is 340 cm³/mol. The number of rotatable bonds is 23. The number of fused-ring (bicyclic) bond motifs is 3. The van der Waals surface area contributed by atoms with Crippen LogP contribution in [0.2, 0.25) is 0 Å². The molecule has 2 amide bonds. The van der Waals surface area contributed by atoms with Crippen LogP contribution in [-0.2, 0) is 15.0 Å². The highest BCUT2D eigenvalue weighted by atomic mass is 32.1. The van der Waals surface area contributed by atoms with Crippen LogP contribution in [-0.4, -0.2) is 16.9 Å². The fourth-order valence-corrected chi connectivity index (χ4v) is 13.0. The number of anilines is 5. The minimum Gasteiger partial charge on any atom is -0.311 e. The molecule has 1 aromatic heterocycles. The lowest BCUT2D eigenvalue weighted by Crippen LogP contribution is -2.56. The Bertz CT molecular complexity index is 3370. The molecular weight excluding hydrogens is 1000 g/mol. The largest absolute Gasteiger partial charge is 0.311 e. The van der Waals surface area contributed by atoms with E-state index in [2.05, 4.69) is 154 Å². The maximum Gasteiger partial charge on any atom is 0.270 e. The van der Waals surface area contributed by atoms with Crippen LogP contribution in [0.4, 0.5) is 28.4 Å². The summed E-state index contributed by atoms with van der Waals surface area (Å²) in [4.78, 5) is 35.2. The Kier molecular flexibility index (Phi) is 17.8. The van der Waals surface area contributed by atoms with Gasteiger partial charge >= 0.3 is 0 Å². The Morgan fingerprint density at radius 1 is 0.481 bits per heavy atom. The first-order chi connectivity index (χ1) is 38.6. The number of carbonyl (C=O) groups excluding carboxylic acids is 2. The number of para-hydroxylation sites is 2. The molecule has 1 aliphatic heterocycles. The van der Waals surface area contributed by atoms with Gasteiger partial charge in [0.1, 0.15) is 5.57 Å². The quantitative estimate of drug-likeness (QED) is 0.0277. The van der Waals surface area contributed by atoms with Gasteiger partial charge in [-0.1, -0.05) is 211 Å². The fraction of sp³-hybridized carbons (Fsp3) is 0.264. The molecule has 1 saturated heterocycles. The number of nitrogens with zero attached hydrogens (tertiary/aromatic N) is 3. The van der Waals surface area contributed by atoms with E-state index in [0.717, 1.165) is 32.4 Å². The van der Waals surface area contributed by atoms with Gasteiger partial charge in [0.05, 0.1) is 11.4 Å². The molecule has 1 aliphatic carbocycles. The third kappa shape index (κ3) is 12.2. The monoisotopic (exact) mass is 1080 g/mol. The van der Waals surface area contributed by atoms with Crippen molar-refractivity contribution < 1.29 is 9.59 Å². The van der Waals surface area contributed by atoms with Gasteiger partial charge in [0.25, 0.3) is 11.8 Å². The highest BCUT2D eigenvalue weighted by Crippen LogP contribution is 2.55. The topological polar surface area (TPSA) is 43.9 Å². The second kappa shape index (κ2) is 25.6. The van der Waals surface area contributed by atoms with E-state index < -0.39 is 11.8 Å². The molecule has 400 valence electrons. The number of benzene rings is 7. The van der Waals surface area contributed by atoms with Crippen LogP contribution in [0.25, 0.3) is 40.5 Å². The first kappa shape index (κ1) is 54.9. The second-order valence-corrected chi connectivity index (χ2v) is 23.1. The summed E-state index contributed by atoms with van der Waals surface area (Å²) >= 11 is 7.32. The van der Waals surface area contributed by atoms with Crippen molar-refractivity contribution >= 4 is 87.1 Å². The minimum absolute atomic E-state index is 0.0293. The molecule has 7 heteroatoms. The van der Waals surface area contributed by atoms with E-state index >= 15 is 0 Å². The fourth-order valence-electron chi connectivity index (χ4n) is 11.7. The van der Waals surface area contributed by atoms with Crippen LogP contribution in [0.5, 0.6) is 0 Å². The molecule has 0 spiro atoms. The molecule has 2 aliphatic rings. The highest BCUT2D eigenvalue weighted by Gasteiger charge is 2.43. The van der Waals surface area contributed by atoms with Crippen molar-refractivity contribution in [2.75, 3.05) is 14.7 Å². The number of thiocarbonyl (C=S) groups is 1. The molecule has 7 aromatic carbocycles. The van der Waals surface area contributed by atoms with Crippen LogP contribution in [0.1, 0.15) is 141 Å². The molecule has 0 atom stereocenters.